The van der Waals surface area contributed by atoms with Gasteiger partial charge in [0.2, 0.25) is 17.7 Å². The third kappa shape index (κ3) is 9.78. The first-order valence-corrected chi connectivity index (χ1v) is 23.1. The number of imide groups is 1. The van der Waals surface area contributed by atoms with Gasteiger partial charge >= 0.3 is 0 Å². The van der Waals surface area contributed by atoms with Gasteiger partial charge in [0.05, 0.1) is 11.1 Å². The maximum absolute atomic E-state index is 12.7. The first kappa shape index (κ1) is 48.3. The van der Waals surface area contributed by atoms with Crippen LogP contribution in [0.5, 0.6) is 0 Å². The van der Waals surface area contributed by atoms with E-state index in [1.807, 2.05) is 51.1 Å². The van der Waals surface area contributed by atoms with Crippen LogP contribution >= 0.6 is 0 Å². The van der Waals surface area contributed by atoms with Crippen molar-refractivity contribution in [3.8, 4) is 0 Å². The van der Waals surface area contributed by atoms with E-state index in [0.29, 0.717) is 55.6 Å². The number of fused-ring (bicyclic) bond motifs is 3. The maximum Gasteiger partial charge on any atom is 0.262 e. The Labute approximate surface area is 394 Å². The van der Waals surface area contributed by atoms with Gasteiger partial charge in [-0.25, -0.2) is 0 Å². The number of nitrogens with zero attached hydrogens (tertiary/aromatic N) is 3. The molecular weight excluding hydrogens is 845 g/mol. The normalized spacial score (nSPS) is 21.7. The van der Waals surface area contributed by atoms with E-state index >= 15 is 0 Å². The third-order valence-electron chi connectivity index (χ3n) is 13.4. The Morgan fingerprint density at radius 1 is 0.433 bits per heavy atom. The summed E-state index contributed by atoms with van der Waals surface area (Å²) in [6, 6.07) is 15.8. The van der Waals surface area contributed by atoms with Gasteiger partial charge in [0.15, 0.2) is 0 Å². The standard InChI is InChI=1S/C18H20N2O3.2C18H22N2O2/c1-10-5-8-14(15(21)19-10)20-16(22)12-7-6-11(18(2,3)4)9-13(12)17(20)23;2*1-11-5-8-15(16(21)19-11)20-10-12-9-13(18(2,3)4)6-7-14(12)17(20)22/h6-7,9,14H,1,5,8H2,2-4H3,(H,19,21);2*6-7,9,15H,1,5,8,10H2,2-4H3,(H,19,21). The molecule has 3 fully saturated rings. The van der Waals surface area contributed by atoms with Crippen LogP contribution in [0.1, 0.15) is 170 Å². The van der Waals surface area contributed by atoms with E-state index in [4.69, 9.17) is 0 Å². The predicted octanol–water partition coefficient (Wildman–Crippen LogP) is 7.84. The lowest BCUT2D eigenvalue weighted by atomic mass is 9.85. The number of nitrogens with one attached hydrogen (secondary N) is 3. The quantitative estimate of drug-likeness (QED) is 0.226. The van der Waals surface area contributed by atoms with Crippen molar-refractivity contribution in [1.82, 2.24) is 30.7 Å². The number of hydrogen-bond acceptors (Lipinski definition) is 7. The van der Waals surface area contributed by atoms with E-state index in [-0.39, 0.29) is 63.8 Å². The summed E-state index contributed by atoms with van der Waals surface area (Å²) in [6.45, 7) is 31.4. The molecule has 67 heavy (non-hydrogen) atoms. The highest BCUT2D eigenvalue weighted by Crippen LogP contribution is 2.35. The summed E-state index contributed by atoms with van der Waals surface area (Å²) in [4.78, 5) is 91.4. The first-order chi connectivity index (χ1) is 31.2. The second-order valence-electron chi connectivity index (χ2n) is 21.5. The van der Waals surface area contributed by atoms with Crippen LogP contribution in [0.2, 0.25) is 0 Å². The highest BCUT2D eigenvalue weighted by atomic mass is 16.2. The third-order valence-corrected chi connectivity index (χ3v) is 13.4. The van der Waals surface area contributed by atoms with Crippen molar-refractivity contribution in [2.75, 3.05) is 0 Å². The molecule has 0 aliphatic carbocycles. The van der Waals surface area contributed by atoms with E-state index < -0.39 is 11.9 Å². The predicted molar refractivity (Wildman–Crippen MR) is 257 cm³/mol. The zero-order chi connectivity index (χ0) is 49.1. The zero-order valence-electron chi connectivity index (χ0n) is 40.4. The highest BCUT2D eigenvalue weighted by molar-refractivity contribution is 6.23. The fraction of sp³-hybridized carbons (Fsp3) is 0.426. The van der Waals surface area contributed by atoms with Crippen LogP contribution in [0.4, 0.5) is 0 Å². The number of benzene rings is 3. The topological polar surface area (TPSA) is 165 Å². The monoisotopic (exact) mass is 908 g/mol. The Morgan fingerprint density at radius 3 is 1.12 bits per heavy atom. The second-order valence-corrected chi connectivity index (χ2v) is 21.5. The van der Waals surface area contributed by atoms with E-state index in [0.717, 1.165) is 57.0 Å². The van der Waals surface area contributed by atoms with Crippen LogP contribution in [0.15, 0.2) is 91.4 Å². The maximum atomic E-state index is 12.7. The largest absolute Gasteiger partial charge is 0.329 e. The Morgan fingerprint density at radius 2 is 0.761 bits per heavy atom. The summed E-state index contributed by atoms with van der Waals surface area (Å²) in [5, 5.41) is 8.15. The molecule has 6 aliphatic heterocycles. The van der Waals surface area contributed by atoms with Crippen molar-refractivity contribution in [2.45, 2.75) is 148 Å². The Kier molecular flexibility index (Phi) is 12.9. The molecule has 13 heteroatoms. The molecule has 6 heterocycles. The lowest BCUT2D eigenvalue weighted by Gasteiger charge is -2.30. The van der Waals surface area contributed by atoms with Crippen LogP contribution in [0.3, 0.4) is 0 Å². The average Bonchev–Trinajstić information content (AvgIpc) is 3.84. The summed E-state index contributed by atoms with van der Waals surface area (Å²) < 4.78 is 0. The van der Waals surface area contributed by atoms with Gasteiger partial charge in [-0.05, 0) is 107 Å². The molecule has 0 radical (unpaired) electrons. The van der Waals surface area contributed by atoms with E-state index in [1.165, 1.54) is 11.1 Å². The van der Waals surface area contributed by atoms with Crippen molar-refractivity contribution in [2.24, 2.45) is 0 Å². The molecule has 9 rings (SSSR count). The molecule has 0 bridgehead atoms. The van der Waals surface area contributed by atoms with Gasteiger partial charge in [0.1, 0.15) is 18.1 Å². The molecule has 3 atom stereocenters. The molecule has 0 spiro atoms. The van der Waals surface area contributed by atoms with Crippen molar-refractivity contribution >= 4 is 41.4 Å². The van der Waals surface area contributed by atoms with Crippen molar-refractivity contribution in [1.29, 1.82) is 0 Å². The molecule has 3 N–H and O–H groups in total. The van der Waals surface area contributed by atoms with Gasteiger partial charge in [0.25, 0.3) is 23.6 Å². The minimum atomic E-state index is -0.758. The summed E-state index contributed by atoms with van der Waals surface area (Å²) in [5.74, 6) is -1.43. The number of allylic oxidation sites excluding steroid dienone is 3. The van der Waals surface area contributed by atoms with Gasteiger partial charge < -0.3 is 25.8 Å². The molecule has 3 saturated heterocycles. The molecule has 3 unspecified atom stereocenters. The molecule has 0 saturated carbocycles. The molecule has 3 aromatic rings. The highest BCUT2D eigenvalue weighted by Gasteiger charge is 2.45. The summed E-state index contributed by atoms with van der Waals surface area (Å²) >= 11 is 0. The van der Waals surface area contributed by atoms with E-state index in [1.54, 1.807) is 21.9 Å². The number of piperidine rings is 3. The van der Waals surface area contributed by atoms with Gasteiger partial charge in [-0.3, -0.25) is 38.5 Å². The first-order valence-electron chi connectivity index (χ1n) is 23.1. The molecule has 3 aromatic carbocycles. The minimum Gasteiger partial charge on any atom is -0.329 e. The second kappa shape index (κ2) is 17.9. The number of hydrogen-bond donors (Lipinski definition) is 3. The SMILES string of the molecule is C=C1CCC(N2C(=O)c3ccc(C(C)(C)C)cc3C2=O)C(=O)N1.C=C1CCC(N2Cc3cc(C(C)(C)C)ccc3C2=O)C(=O)N1.C=C1CCC(N2Cc3cc(C(C)(C)C)ccc3C2=O)C(=O)N1. The van der Waals surface area contributed by atoms with Crippen molar-refractivity contribution in [3.05, 3.63) is 141 Å². The number of amides is 7. The zero-order valence-corrected chi connectivity index (χ0v) is 40.4. The number of carbonyl (C=O) groups is 7. The molecular formula is C54H64N6O7. The van der Waals surface area contributed by atoms with Gasteiger partial charge in [0, 0.05) is 41.3 Å². The van der Waals surface area contributed by atoms with Gasteiger partial charge in [-0.2, -0.15) is 0 Å². The summed E-state index contributed by atoms with van der Waals surface area (Å²) in [5.41, 5.74) is 9.74. The summed E-state index contributed by atoms with van der Waals surface area (Å²) in [7, 11) is 0. The molecule has 352 valence electrons. The lowest BCUT2D eigenvalue weighted by molar-refractivity contribution is -0.127. The van der Waals surface area contributed by atoms with Crippen LogP contribution in [0, 0.1) is 0 Å². The lowest BCUT2D eigenvalue weighted by Crippen LogP contribution is -2.51. The van der Waals surface area contributed by atoms with Gasteiger partial charge in [-0.1, -0.05) is 112 Å². The molecule has 13 nitrogen and oxygen atoms in total. The summed E-state index contributed by atoms with van der Waals surface area (Å²) in [6.07, 6.45) is 3.74. The molecule has 6 aliphatic rings. The number of rotatable bonds is 3. The van der Waals surface area contributed by atoms with E-state index in [9.17, 15) is 33.6 Å². The minimum absolute atomic E-state index is 0.0388. The van der Waals surface area contributed by atoms with E-state index in [2.05, 4.69) is 89.4 Å². The Balaban J connectivity index is 0.000000149. The van der Waals surface area contributed by atoms with Gasteiger partial charge in [-0.15, -0.1) is 0 Å². The van der Waals surface area contributed by atoms with Crippen LogP contribution < -0.4 is 16.0 Å². The molecule has 0 aromatic heterocycles. The average molecular weight is 909 g/mol. The van der Waals surface area contributed by atoms with Crippen molar-refractivity contribution < 1.29 is 33.6 Å². The van der Waals surface area contributed by atoms with Crippen molar-refractivity contribution in [3.63, 3.8) is 0 Å². The Hall–Kier alpha value is -6.63. The van der Waals surface area contributed by atoms with Crippen LogP contribution in [0.25, 0.3) is 0 Å². The molecule has 7 amide bonds. The van der Waals surface area contributed by atoms with Crippen LogP contribution in [-0.2, 0) is 43.7 Å². The van der Waals surface area contributed by atoms with Crippen LogP contribution in [-0.4, -0.2) is 74.2 Å². The number of carbonyl (C=O) groups excluding carboxylic acids is 7. The Bertz CT molecular complexity index is 2540. The fourth-order valence-corrected chi connectivity index (χ4v) is 9.26. The smallest absolute Gasteiger partial charge is 0.262 e. The fourth-order valence-electron chi connectivity index (χ4n) is 9.26.